The molecule has 1 spiro atoms. The molecule has 36 heavy (non-hydrogen) atoms. The van der Waals surface area contributed by atoms with E-state index in [0.717, 1.165) is 30.3 Å². The molecule has 1 amide bonds. The lowest BCUT2D eigenvalue weighted by Gasteiger charge is -2.51. The van der Waals surface area contributed by atoms with Crippen molar-refractivity contribution in [2.45, 2.75) is 52.2 Å². The second-order valence-corrected chi connectivity index (χ2v) is 10.5. The molecule has 0 radical (unpaired) electrons. The Kier molecular flexibility index (Phi) is 6.08. The van der Waals surface area contributed by atoms with Crippen molar-refractivity contribution in [1.29, 1.82) is 5.26 Å². The monoisotopic (exact) mass is 491 g/mol. The van der Waals surface area contributed by atoms with E-state index in [-0.39, 0.29) is 22.9 Å². The van der Waals surface area contributed by atoms with Gasteiger partial charge in [-0.15, -0.1) is 0 Å². The van der Waals surface area contributed by atoms with Crippen LogP contribution in [0.5, 0.6) is 0 Å². The zero-order valence-corrected chi connectivity index (χ0v) is 21.0. The summed E-state index contributed by atoms with van der Waals surface area (Å²) in [5.74, 6) is -0.847. The highest BCUT2D eigenvalue weighted by atomic mass is 19.1. The van der Waals surface area contributed by atoms with Crippen LogP contribution in [-0.4, -0.2) is 59.0 Å². The molecule has 0 unspecified atom stereocenters. The van der Waals surface area contributed by atoms with Gasteiger partial charge in [0.05, 0.1) is 5.69 Å². The molecule has 0 saturated carbocycles. The van der Waals surface area contributed by atoms with Crippen molar-refractivity contribution in [2.24, 2.45) is 5.41 Å². The molecule has 2 fully saturated rings. The minimum Gasteiger partial charge on any atom is -0.352 e. The first kappa shape index (κ1) is 24.4. The highest BCUT2D eigenvalue weighted by molar-refractivity contribution is 5.88. The molecule has 0 N–H and O–H groups in total. The molecule has 1 aromatic carbocycles. The third kappa shape index (κ3) is 3.77. The number of hydrogen-bond donors (Lipinski definition) is 0. The van der Waals surface area contributed by atoms with Crippen LogP contribution in [0.4, 0.5) is 14.6 Å². The zero-order valence-electron chi connectivity index (χ0n) is 21.0. The number of aromatic nitrogens is 1. The number of carbonyl (C=O) groups excluding carboxylic acids is 1. The van der Waals surface area contributed by atoms with Crippen molar-refractivity contribution >= 4 is 11.7 Å². The maximum atomic E-state index is 15.1. The summed E-state index contributed by atoms with van der Waals surface area (Å²) in [5.41, 5.74) is 2.73. The normalized spacial score (nSPS) is 20.9. The third-order valence-electron chi connectivity index (χ3n) is 8.38. The molecule has 3 aliphatic rings. The molecule has 188 valence electrons. The standard InChI is InChI=1S/C28H31F2N5O/c1-5-25(36)34-15-28(16-34)9-11-35(18(28)4)27-22(13-31)26(20-7-6-19(29)12-23(20)30)21-8-10-33(17(2)3)14-24(21)32-27/h5-7,12,17-18H,1,8-11,14-16H2,2-4H3/t18-/m0/s1. The molecule has 2 aromatic rings. The number of halogens is 2. The van der Waals surface area contributed by atoms with E-state index in [9.17, 15) is 14.4 Å². The van der Waals surface area contributed by atoms with Gasteiger partial charge in [0.2, 0.25) is 5.91 Å². The third-order valence-corrected chi connectivity index (χ3v) is 8.38. The lowest BCUT2D eigenvalue weighted by atomic mass is 9.74. The van der Waals surface area contributed by atoms with Crippen LogP contribution in [0, 0.1) is 28.4 Å². The first-order valence-electron chi connectivity index (χ1n) is 12.5. The molecule has 2 saturated heterocycles. The quantitative estimate of drug-likeness (QED) is 0.598. The largest absolute Gasteiger partial charge is 0.352 e. The van der Waals surface area contributed by atoms with Gasteiger partial charge in [-0.25, -0.2) is 13.8 Å². The SMILES string of the molecule is C=CC(=O)N1CC2(CCN(c3nc4c(c(-c5ccc(F)cc5F)c3C#N)CCN(C(C)C)C4)[C@H]2C)C1. The second kappa shape index (κ2) is 8.97. The van der Waals surface area contributed by atoms with Crippen molar-refractivity contribution in [3.63, 3.8) is 0 Å². The Hall–Kier alpha value is -3.31. The first-order chi connectivity index (χ1) is 17.2. The summed E-state index contributed by atoms with van der Waals surface area (Å²) in [6.07, 6.45) is 2.85. The van der Waals surface area contributed by atoms with Crippen LogP contribution < -0.4 is 4.90 Å². The molecule has 8 heteroatoms. The Morgan fingerprint density at radius 1 is 1.31 bits per heavy atom. The smallest absolute Gasteiger partial charge is 0.245 e. The maximum Gasteiger partial charge on any atom is 0.245 e. The molecular weight excluding hydrogens is 460 g/mol. The van der Waals surface area contributed by atoms with Gasteiger partial charge in [0.1, 0.15) is 29.1 Å². The van der Waals surface area contributed by atoms with Crippen molar-refractivity contribution in [1.82, 2.24) is 14.8 Å². The number of fused-ring (bicyclic) bond motifs is 1. The van der Waals surface area contributed by atoms with E-state index in [2.05, 4.69) is 43.2 Å². The van der Waals surface area contributed by atoms with Crippen molar-refractivity contribution in [2.75, 3.05) is 31.1 Å². The first-order valence-corrected chi connectivity index (χ1v) is 12.5. The Morgan fingerprint density at radius 2 is 2.06 bits per heavy atom. The number of rotatable bonds is 4. The molecular formula is C28H31F2N5O. The van der Waals surface area contributed by atoms with E-state index in [1.807, 2.05) is 0 Å². The summed E-state index contributed by atoms with van der Waals surface area (Å²) < 4.78 is 28.9. The van der Waals surface area contributed by atoms with Gasteiger partial charge in [0.25, 0.3) is 0 Å². The fourth-order valence-electron chi connectivity index (χ4n) is 6.12. The molecule has 5 rings (SSSR count). The number of likely N-dealkylation sites (tertiary alicyclic amines) is 1. The average molecular weight is 492 g/mol. The number of anilines is 1. The molecule has 6 nitrogen and oxygen atoms in total. The van der Waals surface area contributed by atoms with Crippen molar-refractivity contribution < 1.29 is 13.6 Å². The van der Waals surface area contributed by atoms with E-state index in [0.29, 0.717) is 55.6 Å². The van der Waals surface area contributed by atoms with E-state index < -0.39 is 11.6 Å². The highest BCUT2D eigenvalue weighted by Gasteiger charge is 2.54. The van der Waals surface area contributed by atoms with E-state index >= 15 is 4.39 Å². The zero-order chi connectivity index (χ0) is 25.8. The maximum absolute atomic E-state index is 15.1. The van der Waals surface area contributed by atoms with Crippen LogP contribution >= 0.6 is 0 Å². The Labute approximate surface area is 210 Å². The van der Waals surface area contributed by atoms with Crippen LogP contribution in [0.2, 0.25) is 0 Å². The number of benzene rings is 1. The summed E-state index contributed by atoms with van der Waals surface area (Å²) in [6, 6.07) is 6.24. The number of nitrogens with zero attached hydrogens (tertiary/aromatic N) is 5. The van der Waals surface area contributed by atoms with Crippen LogP contribution in [0.3, 0.4) is 0 Å². The highest BCUT2D eigenvalue weighted by Crippen LogP contribution is 2.48. The van der Waals surface area contributed by atoms with Crippen LogP contribution in [0.1, 0.15) is 44.0 Å². The predicted molar refractivity (Wildman–Crippen MR) is 134 cm³/mol. The minimum absolute atomic E-state index is 0.0414. The molecule has 1 atom stereocenters. The Balaban J connectivity index is 1.62. The van der Waals surface area contributed by atoms with Gasteiger partial charge in [-0.2, -0.15) is 5.26 Å². The molecule has 3 aliphatic heterocycles. The molecule has 0 aliphatic carbocycles. The molecule has 1 aromatic heterocycles. The van der Waals surface area contributed by atoms with Gasteiger partial charge >= 0.3 is 0 Å². The number of pyridine rings is 1. The summed E-state index contributed by atoms with van der Waals surface area (Å²) in [6.45, 7) is 13.3. The van der Waals surface area contributed by atoms with Gasteiger partial charge in [0, 0.05) is 67.4 Å². The predicted octanol–water partition coefficient (Wildman–Crippen LogP) is 4.28. The summed E-state index contributed by atoms with van der Waals surface area (Å²) in [7, 11) is 0. The fraction of sp³-hybridized carbons (Fsp3) is 0.464. The van der Waals surface area contributed by atoms with Gasteiger partial charge in [-0.3, -0.25) is 9.69 Å². The van der Waals surface area contributed by atoms with Gasteiger partial charge in [-0.05, 0) is 57.4 Å². The summed E-state index contributed by atoms with van der Waals surface area (Å²) >= 11 is 0. The van der Waals surface area contributed by atoms with Crippen LogP contribution in [0.15, 0.2) is 30.9 Å². The minimum atomic E-state index is -0.680. The summed E-state index contributed by atoms with van der Waals surface area (Å²) in [5, 5.41) is 10.4. The van der Waals surface area contributed by atoms with Crippen molar-refractivity contribution in [3.05, 3.63) is 59.3 Å². The van der Waals surface area contributed by atoms with Gasteiger partial charge in [0.15, 0.2) is 0 Å². The number of hydrogen-bond acceptors (Lipinski definition) is 5. The number of carbonyl (C=O) groups is 1. The summed E-state index contributed by atoms with van der Waals surface area (Å²) in [4.78, 5) is 23.4. The lowest BCUT2D eigenvalue weighted by Crippen LogP contribution is -2.62. The van der Waals surface area contributed by atoms with E-state index in [4.69, 9.17) is 4.98 Å². The van der Waals surface area contributed by atoms with E-state index in [1.165, 1.54) is 18.2 Å². The van der Waals surface area contributed by atoms with Crippen LogP contribution in [-0.2, 0) is 17.8 Å². The van der Waals surface area contributed by atoms with Crippen LogP contribution in [0.25, 0.3) is 11.1 Å². The molecule has 4 heterocycles. The van der Waals surface area contributed by atoms with E-state index in [1.54, 1.807) is 4.90 Å². The lowest BCUT2D eigenvalue weighted by molar-refractivity contribution is -0.138. The Bertz CT molecular complexity index is 1280. The van der Waals surface area contributed by atoms with Gasteiger partial charge < -0.3 is 9.80 Å². The average Bonchev–Trinajstić information content (AvgIpc) is 3.18. The fourth-order valence-corrected chi connectivity index (χ4v) is 6.12. The second-order valence-electron chi connectivity index (χ2n) is 10.5. The van der Waals surface area contributed by atoms with Crippen molar-refractivity contribution in [3.8, 4) is 17.2 Å². The van der Waals surface area contributed by atoms with Gasteiger partial charge in [-0.1, -0.05) is 6.58 Å². The Morgan fingerprint density at radius 3 is 2.69 bits per heavy atom. The number of amides is 1. The molecule has 0 bridgehead atoms. The topological polar surface area (TPSA) is 63.5 Å². The number of nitriles is 1.